The first-order valence-electron chi connectivity index (χ1n) is 7.39. The Balaban J connectivity index is 2.22. The summed E-state index contributed by atoms with van der Waals surface area (Å²) in [5, 5.41) is 3.40. The largest absolute Gasteiger partial charge is 0.369 e. The summed E-state index contributed by atoms with van der Waals surface area (Å²) in [6.45, 7) is 7.51. The standard InChI is InChI=1S/C15H24BrN3/c1-4-8-17-15-13(16)11(3)18-14(19-15)12-7-5-6-10(2)9-12/h10,12H,4-9H2,1-3H3,(H,17,18,19). The summed E-state index contributed by atoms with van der Waals surface area (Å²) in [4.78, 5) is 9.46. The van der Waals surface area contributed by atoms with E-state index in [0.29, 0.717) is 5.92 Å². The van der Waals surface area contributed by atoms with E-state index in [1.165, 1.54) is 25.7 Å². The molecule has 1 aliphatic rings. The molecule has 0 radical (unpaired) electrons. The molecular weight excluding hydrogens is 302 g/mol. The van der Waals surface area contributed by atoms with Gasteiger partial charge in [0.1, 0.15) is 11.6 Å². The molecule has 0 bridgehead atoms. The molecule has 0 saturated heterocycles. The smallest absolute Gasteiger partial charge is 0.144 e. The van der Waals surface area contributed by atoms with Gasteiger partial charge in [0.05, 0.1) is 10.2 Å². The predicted molar refractivity (Wildman–Crippen MR) is 83.6 cm³/mol. The molecule has 0 aromatic carbocycles. The number of aryl methyl sites for hydroxylation is 1. The van der Waals surface area contributed by atoms with E-state index in [1.54, 1.807) is 0 Å². The van der Waals surface area contributed by atoms with Gasteiger partial charge in [0.15, 0.2) is 0 Å². The molecule has 1 heterocycles. The zero-order valence-electron chi connectivity index (χ0n) is 12.2. The second kappa shape index (κ2) is 6.69. The van der Waals surface area contributed by atoms with Gasteiger partial charge in [0, 0.05) is 12.5 Å². The van der Waals surface area contributed by atoms with Crippen LogP contribution in [0.3, 0.4) is 0 Å². The lowest BCUT2D eigenvalue weighted by molar-refractivity contribution is 0.335. The van der Waals surface area contributed by atoms with Gasteiger partial charge >= 0.3 is 0 Å². The fourth-order valence-electron chi connectivity index (χ4n) is 2.79. The highest BCUT2D eigenvalue weighted by atomic mass is 79.9. The third-order valence-corrected chi connectivity index (χ3v) is 4.83. The van der Waals surface area contributed by atoms with Gasteiger partial charge in [0.25, 0.3) is 0 Å². The number of aromatic nitrogens is 2. The number of hydrogen-bond donors (Lipinski definition) is 1. The Morgan fingerprint density at radius 2 is 2.11 bits per heavy atom. The van der Waals surface area contributed by atoms with Crippen molar-refractivity contribution in [3.8, 4) is 0 Å². The van der Waals surface area contributed by atoms with Gasteiger partial charge in [0.2, 0.25) is 0 Å². The second-order valence-electron chi connectivity index (χ2n) is 5.73. The number of nitrogens with zero attached hydrogens (tertiary/aromatic N) is 2. The molecule has 1 aromatic rings. The first kappa shape index (κ1) is 14.8. The quantitative estimate of drug-likeness (QED) is 0.874. The van der Waals surface area contributed by atoms with Crippen LogP contribution in [0, 0.1) is 12.8 Å². The average molecular weight is 326 g/mol. The van der Waals surface area contributed by atoms with E-state index in [0.717, 1.165) is 40.7 Å². The Morgan fingerprint density at radius 3 is 2.79 bits per heavy atom. The van der Waals surface area contributed by atoms with Gasteiger partial charge in [-0.25, -0.2) is 9.97 Å². The van der Waals surface area contributed by atoms with E-state index >= 15 is 0 Å². The summed E-state index contributed by atoms with van der Waals surface area (Å²) in [5.74, 6) is 3.34. The van der Waals surface area contributed by atoms with Crippen LogP contribution in [0.15, 0.2) is 4.47 Å². The summed E-state index contributed by atoms with van der Waals surface area (Å²) in [6, 6.07) is 0. The minimum atomic E-state index is 0.540. The third kappa shape index (κ3) is 3.68. The third-order valence-electron chi connectivity index (χ3n) is 3.88. The van der Waals surface area contributed by atoms with Crippen LogP contribution in [-0.4, -0.2) is 16.5 Å². The summed E-state index contributed by atoms with van der Waals surface area (Å²) in [7, 11) is 0. The highest BCUT2D eigenvalue weighted by molar-refractivity contribution is 9.10. The van der Waals surface area contributed by atoms with Crippen LogP contribution < -0.4 is 5.32 Å². The molecule has 19 heavy (non-hydrogen) atoms. The summed E-state index contributed by atoms with van der Waals surface area (Å²) in [5.41, 5.74) is 1.04. The maximum Gasteiger partial charge on any atom is 0.144 e. The van der Waals surface area contributed by atoms with Crippen LogP contribution in [0.2, 0.25) is 0 Å². The molecule has 3 nitrogen and oxygen atoms in total. The van der Waals surface area contributed by atoms with Gasteiger partial charge in [-0.1, -0.05) is 26.7 Å². The normalized spacial score (nSPS) is 23.4. The SMILES string of the molecule is CCCNc1nc(C2CCCC(C)C2)nc(C)c1Br. The molecule has 0 amide bonds. The van der Waals surface area contributed by atoms with Gasteiger partial charge < -0.3 is 5.32 Å². The molecule has 1 fully saturated rings. The van der Waals surface area contributed by atoms with Crippen LogP contribution >= 0.6 is 15.9 Å². The van der Waals surface area contributed by atoms with E-state index in [4.69, 9.17) is 9.97 Å². The Bertz CT molecular complexity index is 434. The number of hydrogen-bond acceptors (Lipinski definition) is 3. The molecule has 106 valence electrons. The monoisotopic (exact) mass is 325 g/mol. The molecule has 1 saturated carbocycles. The van der Waals surface area contributed by atoms with Crippen molar-refractivity contribution in [1.29, 1.82) is 0 Å². The average Bonchev–Trinajstić information content (AvgIpc) is 2.40. The first-order valence-corrected chi connectivity index (χ1v) is 8.19. The molecule has 0 aliphatic heterocycles. The van der Waals surface area contributed by atoms with E-state index < -0.39 is 0 Å². The number of halogens is 1. The Hall–Kier alpha value is -0.640. The topological polar surface area (TPSA) is 37.8 Å². The predicted octanol–water partition coefficient (Wildman–Crippen LogP) is 4.66. The highest BCUT2D eigenvalue weighted by Crippen LogP contribution is 2.36. The summed E-state index contributed by atoms with van der Waals surface area (Å²) in [6.07, 6.45) is 6.23. The minimum Gasteiger partial charge on any atom is -0.369 e. The Kier molecular flexibility index (Phi) is 5.20. The zero-order chi connectivity index (χ0) is 13.8. The van der Waals surface area contributed by atoms with Gasteiger partial charge in [-0.2, -0.15) is 0 Å². The lowest BCUT2D eigenvalue weighted by Crippen LogP contribution is -2.16. The fraction of sp³-hybridized carbons (Fsp3) is 0.733. The van der Waals surface area contributed by atoms with Crippen molar-refractivity contribution in [1.82, 2.24) is 9.97 Å². The Morgan fingerprint density at radius 1 is 1.32 bits per heavy atom. The summed E-state index contributed by atoms with van der Waals surface area (Å²) >= 11 is 3.59. The van der Waals surface area contributed by atoms with Crippen LogP contribution in [0.25, 0.3) is 0 Å². The lowest BCUT2D eigenvalue weighted by Gasteiger charge is -2.26. The number of rotatable bonds is 4. The van der Waals surface area contributed by atoms with Crippen molar-refractivity contribution in [2.45, 2.75) is 58.8 Å². The fourth-order valence-corrected chi connectivity index (χ4v) is 3.11. The molecule has 2 atom stereocenters. The van der Waals surface area contributed by atoms with Crippen molar-refractivity contribution in [3.05, 3.63) is 16.0 Å². The molecule has 4 heteroatoms. The van der Waals surface area contributed by atoms with Crippen LogP contribution in [-0.2, 0) is 0 Å². The molecule has 1 aliphatic carbocycles. The molecular formula is C15H24BrN3. The van der Waals surface area contributed by atoms with E-state index in [2.05, 4.69) is 42.0 Å². The van der Waals surface area contributed by atoms with Gasteiger partial charge in [-0.15, -0.1) is 0 Å². The van der Waals surface area contributed by atoms with Crippen LogP contribution in [0.4, 0.5) is 5.82 Å². The summed E-state index contributed by atoms with van der Waals surface area (Å²) < 4.78 is 1.01. The molecule has 2 unspecified atom stereocenters. The van der Waals surface area contributed by atoms with Crippen molar-refractivity contribution in [2.75, 3.05) is 11.9 Å². The molecule has 1 N–H and O–H groups in total. The number of nitrogens with one attached hydrogen (secondary N) is 1. The van der Waals surface area contributed by atoms with Crippen LogP contribution in [0.5, 0.6) is 0 Å². The van der Waals surface area contributed by atoms with Crippen molar-refractivity contribution in [3.63, 3.8) is 0 Å². The van der Waals surface area contributed by atoms with E-state index in [1.807, 2.05) is 0 Å². The van der Waals surface area contributed by atoms with Crippen LogP contribution in [0.1, 0.15) is 63.4 Å². The Labute approximate surface area is 124 Å². The molecule has 1 aromatic heterocycles. The van der Waals surface area contributed by atoms with Gasteiger partial charge in [-0.3, -0.25) is 0 Å². The second-order valence-corrected chi connectivity index (χ2v) is 6.52. The van der Waals surface area contributed by atoms with Crippen molar-refractivity contribution >= 4 is 21.7 Å². The molecule has 0 spiro atoms. The van der Waals surface area contributed by atoms with Crippen molar-refractivity contribution < 1.29 is 0 Å². The maximum atomic E-state index is 4.76. The van der Waals surface area contributed by atoms with E-state index in [9.17, 15) is 0 Å². The number of anilines is 1. The van der Waals surface area contributed by atoms with E-state index in [-0.39, 0.29) is 0 Å². The first-order chi connectivity index (χ1) is 9.11. The van der Waals surface area contributed by atoms with Gasteiger partial charge in [-0.05, 0) is 48.0 Å². The zero-order valence-corrected chi connectivity index (χ0v) is 13.8. The maximum absolute atomic E-state index is 4.76. The molecule has 2 rings (SSSR count). The van der Waals surface area contributed by atoms with Crippen molar-refractivity contribution in [2.24, 2.45) is 5.92 Å². The lowest BCUT2D eigenvalue weighted by atomic mass is 9.82. The minimum absolute atomic E-state index is 0.540. The highest BCUT2D eigenvalue weighted by Gasteiger charge is 2.24.